The van der Waals surface area contributed by atoms with Gasteiger partial charge in [0.25, 0.3) is 5.69 Å². The first-order valence-corrected chi connectivity index (χ1v) is 7.06. The van der Waals surface area contributed by atoms with Gasteiger partial charge in [0.1, 0.15) is 0 Å². The Bertz CT molecular complexity index is 695. The Morgan fingerprint density at radius 2 is 1.95 bits per heavy atom. The second-order valence-electron chi connectivity index (χ2n) is 6.25. The monoisotopic (exact) mass is 282 g/mol. The number of nitrogens with one attached hydrogen (secondary N) is 1. The molecule has 0 radical (unpaired) electrons. The maximum atomic E-state index is 10.9. The number of nitrogens with zero attached hydrogens (tertiary/aromatic N) is 1. The van der Waals surface area contributed by atoms with Crippen molar-refractivity contribution in [1.82, 2.24) is 0 Å². The number of hydrogen-bond donors (Lipinski definition) is 1. The zero-order valence-corrected chi connectivity index (χ0v) is 12.2. The van der Waals surface area contributed by atoms with Gasteiger partial charge in [-0.1, -0.05) is 44.2 Å². The molecule has 0 heterocycles. The van der Waals surface area contributed by atoms with Crippen LogP contribution in [0.2, 0.25) is 0 Å². The van der Waals surface area contributed by atoms with E-state index in [9.17, 15) is 10.1 Å². The second kappa shape index (κ2) is 4.88. The minimum Gasteiger partial charge on any atom is -0.377 e. The van der Waals surface area contributed by atoms with Crippen LogP contribution in [0.25, 0.3) is 0 Å². The first kappa shape index (κ1) is 13.6. The van der Waals surface area contributed by atoms with Gasteiger partial charge in [-0.05, 0) is 29.0 Å². The zero-order valence-electron chi connectivity index (χ0n) is 12.2. The average Bonchev–Trinajstić information content (AvgIpc) is 2.70. The van der Waals surface area contributed by atoms with Gasteiger partial charge in [-0.2, -0.15) is 0 Å². The van der Waals surface area contributed by atoms with E-state index in [2.05, 4.69) is 37.4 Å². The molecule has 0 fully saturated rings. The summed E-state index contributed by atoms with van der Waals surface area (Å²) in [6.45, 7) is 4.45. The molecule has 108 valence electrons. The fraction of sp³-hybridized carbons (Fsp3) is 0.294. The second-order valence-corrected chi connectivity index (χ2v) is 6.25. The number of hydrogen-bond acceptors (Lipinski definition) is 3. The molecule has 1 aliphatic rings. The Labute approximate surface area is 124 Å². The van der Waals surface area contributed by atoms with Crippen molar-refractivity contribution >= 4 is 11.4 Å². The Hall–Kier alpha value is -2.36. The van der Waals surface area contributed by atoms with Gasteiger partial charge in [-0.3, -0.25) is 10.1 Å². The molecule has 4 heteroatoms. The Balaban J connectivity index is 1.94. The molecule has 3 rings (SSSR count). The summed E-state index contributed by atoms with van der Waals surface area (Å²) >= 11 is 0. The summed E-state index contributed by atoms with van der Waals surface area (Å²) in [5.74, 6) is 0. The molecule has 1 aliphatic carbocycles. The summed E-state index contributed by atoms with van der Waals surface area (Å²) in [4.78, 5) is 10.5. The van der Waals surface area contributed by atoms with Crippen LogP contribution in [0, 0.1) is 15.5 Å². The van der Waals surface area contributed by atoms with E-state index in [-0.39, 0.29) is 22.1 Å². The lowest BCUT2D eigenvalue weighted by Gasteiger charge is -2.29. The minimum absolute atomic E-state index is 0.0777. The van der Waals surface area contributed by atoms with Crippen molar-refractivity contribution in [3.8, 4) is 0 Å². The molecule has 0 saturated heterocycles. The van der Waals surface area contributed by atoms with Crippen LogP contribution in [0.5, 0.6) is 0 Å². The molecule has 0 bridgehead atoms. The largest absolute Gasteiger partial charge is 0.377 e. The quantitative estimate of drug-likeness (QED) is 0.673. The number of rotatable bonds is 3. The summed E-state index contributed by atoms with van der Waals surface area (Å²) in [5.41, 5.74) is 3.62. The van der Waals surface area contributed by atoms with Gasteiger partial charge in [0, 0.05) is 17.8 Å². The van der Waals surface area contributed by atoms with Crippen molar-refractivity contribution in [2.45, 2.75) is 26.3 Å². The first-order chi connectivity index (χ1) is 9.97. The van der Waals surface area contributed by atoms with E-state index in [4.69, 9.17) is 0 Å². The van der Waals surface area contributed by atoms with Crippen LogP contribution < -0.4 is 5.32 Å². The SMILES string of the molecule is CC1(C)Cc2ccccc2C1Nc1cccc([N+](=O)[O-])c1. The van der Waals surface area contributed by atoms with Crippen LogP contribution in [0.4, 0.5) is 11.4 Å². The van der Waals surface area contributed by atoms with Gasteiger partial charge < -0.3 is 5.32 Å². The molecule has 1 atom stereocenters. The van der Waals surface area contributed by atoms with Gasteiger partial charge >= 0.3 is 0 Å². The van der Waals surface area contributed by atoms with E-state index in [1.54, 1.807) is 12.1 Å². The van der Waals surface area contributed by atoms with Gasteiger partial charge in [0.15, 0.2) is 0 Å². The molecular weight excluding hydrogens is 264 g/mol. The highest BCUT2D eigenvalue weighted by atomic mass is 16.6. The van der Waals surface area contributed by atoms with Crippen LogP contribution >= 0.6 is 0 Å². The number of non-ortho nitro benzene ring substituents is 1. The van der Waals surface area contributed by atoms with Gasteiger partial charge in [0.05, 0.1) is 11.0 Å². The van der Waals surface area contributed by atoms with Crippen molar-refractivity contribution in [1.29, 1.82) is 0 Å². The Morgan fingerprint density at radius 1 is 1.19 bits per heavy atom. The van der Waals surface area contributed by atoms with E-state index in [0.717, 1.165) is 12.1 Å². The summed E-state index contributed by atoms with van der Waals surface area (Å²) in [7, 11) is 0. The third-order valence-corrected chi connectivity index (χ3v) is 4.16. The fourth-order valence-electron chi connectivity index (χ4n) is 3.14. The normalized spacial score (nSPS) is 19.0. The minimum atomic E-state index is -0.362. The van der Waals surface area contributed by atoms with E-state index in [0.29, 0.717) is 0 Å². The number of benzene rings is 2. The molecule has 0 saturated carbocycles. The van der Waals surface area contributed by atoms with E-state index in [1.165, 1.54) is 17.2 Å². The molecule has 2 aromatic rings. The van der Waals surface area contributed by atoms with E-state index in [1.807, 2.05) is 12.1 Å². The molecule has 0 aliphatic heterocycles. The van der Waals surface area contributed by atoms with Crippen molar-refractivity contribution in [3.63, 3.8) is 0 Å². The standard InChI is InChI=1S/C17H18N2O2/c1-17(2)11-12-6-3-4-9-15(12)16(17)18-13-7-5-8-14(10-13)19(20)21/h3-10,16,18H,11H2,1-2H3. The summed E-state index contributed by atoms with van der Waals surface area (Å²) in [5, 5.41) is 14.4. The van der Waals surface area contributed by atoms with Gasteiger partial charge in [-0.25, -0.2) is 0 Å². The Kier molecular flexibility index (Phi) is 3.16. The first-order valence-electron chi connectivity index (χ1n) is 7.06. The number of anilines is 1. The molecule has 0 spiro atoms. The van der Waals surface area contributed by atoms with Crippen LogP contribution in [0.15, 0.2) is 48.5 Å². The van der Waals surface area contributed by atoms with Crippen molar-refractivity contribution < 1.29 is 4.92 Å². The lowest BCUT2D eigenvalue weighted by Crippen LogP contribution is -2.24. The van der Waals surface area contributed by atoms with Crippen LogP contribution in [-0.2, 0) is 6.42 Å². The summed E-state index contributed by atoms with van der Waals surface area (Å²) in [6.07, 6.45) is 1.01. The predicted octanol–water partition coefficient (Wildman–Crippen LogP) is 4.33. The molecule has 2 aromatic carbocycles. The number of nitro groups is 1. The molecule has 4 nitrogen and oxygen atoms in total. The lowest BCUT2D eigenvalue weighted by molar-refractivity contribution is -0.384. The van der Waals surface area contributed by atoms with Gasteiger partial charge in [-0.15, -0.1) is 0 Å². The maximum Gasteiger partial charge on any atom is 0.271 e. The molecule has 0 amide bonds. The van der Waals surface area contributed by atoms with Crippen molar-refractivity contribution in [2.75, 3.05) is 5.32 Å². The molecule has 1 unspecified atom stereocenters. The molecule has 21 heavy (non-hydrogen) atoms. The van der Waals surface area contributed by atoms with Gasteiger partial charge in [0.2, 0.25) is 0 Å². The van der Waals surface area contributed by atoms with Crippen molar-refractivity contribution in [3.05, 3.63) is 69.8 Å². The number of nitro benzene ring substituents is 1. The smallest absolute Gasteiger partial charge is 0.271 e. The maximum absolute atomic E-state index is 10.9. The van der Waals surface area contributed by atoms with Crippen molar-refractivity contribution in [2.24, 2.45) is 5.41 Å². The summed E-state index contributed by atoms with van der Waals surface area (Å²) < 4.78 is 0. The van der Waals surface area contributed by atoms with E-state index < -0.39 is 0 Å². The van der Waals surface area contributed by atoms with Crippen LogP contribution in [-0.4, -0.2) is 4.92 Å². The Morgan fingerprint density at radius 3 is 2.71 bits per heavy atom. The predicted molar refractivity (Wildman–Crippen MR) is 83.4 cm³/mol. The lowest BCUT2D eigenvalue weighted by atomic mass is 9.85. The highest BCUT2D eigenvalue weighted by Crippen LogP contribution is 2.46. The molecular formula is C17H18N2O2. The van der Waals surface area contributed by atoms with Crippen LogP contribution in [0.1, 0.15) is 31.0 Å². The molecule has 0 aromatic heterocycles. The van der Waals surface area contributed by atoms with E-state index >= 15 is 0 Å². The highest BCUT2D eigenvalue weighted by Gasteiger charge is 2.38. The number of fused-ring (bicyclic) bond motifs is 1. The topological polar surface area (TPSA) is 55.2 Å². The third kappa shape index (κ3) is 2.49. The fourth-order valence-corrected chi connectivity index (χ4v) is 3.14. The third-order valence-electron chi connectivity index (χ3n) is 4.16. The van der Waals surface area contributed by atoms with Crippen LogP contribution in [0.3, 0.4) is 0 Å². The zero-order chi connectivity index (χ0) is 15.0. The summed E-state index contributed by atoms with van der Waals surface area (Å²) in [6, 6.07) is 15.3. The average molecular weight is 282 g/mol. The highest BCUT2D eigenvalue weighted by molar-refractivity contribution is 5.54. The molecule has 1 N–H and O–H groups in total.